The highest BCUT2D eigenvalue weighted by atomic mass is 19.1. The first kappa shape index (κ1) is 14.5. The van der Waals surface area contributed by atoms with Crippen molar-refractivity contribution in [1.82, 2.24) is 0 Å². The zero-order chi connectivity index (χ0) is 14.5. The van der Waals surface area contributed by atoms with Crippen molar-refractivity contribution in [1.29, 1.82) is 0 Å². The molecule has 2 N–H and O–H groups in total. The summed E-state index contributed by atoms with van der Waals surface area (Å²) in [5.41, 5.74) is 8.73. The predicted octanol–water partition coefficient (Wildman–Crippen LogP) is 3.43. The summed E-state index contributed by atoms with van der Waals surface area (Å²) in [6, 6.07) is 12.8. The lowest BCUT2D eigenvalue weighted by molar-refractivity contribution is 0.407. The minimum absolute atomic E-state index is 0.0492. The molecular formula is C17H20FNO. The third kappa shape index (κ3) is 3.17. The van der Waals surface area contributed by atoms with Crippen LogP contribution in [0.15, 0.2) is 42.5 Å². The highest BCUT2D eigenvalue weighted by molar-refractivity contribution is 5.38. The fraction of sp³-hybridized carbons (Fsp3) is 0.294. The van der Waals surface area contributed by atoms with Crippen LogP contribution in [-0.2, 0) is 6.42 Å². The van der Waals surface area contributed by atoms with Gasteiger partial charge in [-0.2, -0.15) is 0 Å². The highest BCUT2D eigenvalue weighted by Crippen LogP contribution is 2.28. The summed E-state index contributed by atoms with van der Waals surface area (Å²) in [5, 5.41) is 0. The number of halogens is 1. The van der Waals surface area contributed by atoms with Crippen LogP contribution in [0.5, 0.6) is 5.75 Å². The predicted molar refractivity (Wildman–Crippen MR) is 79.6 cm³/mol. The summed E-state index contributed by atoms with van der Waals surface area (Å²) in [7, 11) is 1.65. The van der Waals surface area contributed by atoms with Gasteiger partial charge in [-0.05, 0) is 43.1 Å². The maximum atomic E-state index is 13.9. The number of nitrogens with two attached hydrogens (primary N) is 1. The molecule has 0 spiro atoms. The molecule has 1 unspecified atom stereocenters. The first-order valence-corrected chi connectivity index (χ1v) is 6.73. The fourth-order valence-electron chi connectivity index (χ4n) is 2.46. The summed E-state index contributed by atoms with van der Waals surface area (Å²) in [6.45, 7) is 2.43. The van der Waals surface area contributed by atoms with Gasteiger partial charge >= 0.3 is 0 Å². The highest BCUT2D eigenvalue weighted by Gasteiger charge is 2.16. The smallest absolute Gasteiger partial charge is 0.126 e. The Labute approximate surface area is 119 Å². The third-order valence-corrected chi connectivity index (χ3v) is 3.53. The zero-order valence-corrected chi connectivity index (χ0v) is 11.9. The Morgan fingerprint density at radius 1 is 1.20 bits per heavy atom. The van der Waals surface area contributed by atoms with E-state index in [9.17, 15) is 4.39 Å². The van der Waals surface area contributed by atoms with Crippen molar-refractivity contribution in [2.45, 2.75) is 19.3 Å². The van der Waals surface area contributed by atoms with Crippen molar-refractivity contribution in [2.24, 2.45) is 5.73 Å². The average Bonchev–Trinajstić information content (AvgIpc) is 2.46. The Morgan fingerprint density at radius 3 is 2.60 bits per heavy atom. The van der Waals surface area contributed by atoms with Crippen LogP contribution in [0.2, 0.25) is 0 Å². The van der Waals surface area contributed by atoms with Crippen LogP contribution >= 0.6 is 0 Å². The van der Waals surface area contributed by atoms with Gasteiger partial charge in [0, 0.05) is 5.92 Å². The van der Waals surface area contributed by atoms with E-state index in [0.717, 1.165) is 16.9 Å². The molecule has 0 aliphatic rings. The Hall–Kier alpha value is -1.87. The summed E-state index contributed by atoms with van der Waals surface area (Å²) in [6.07, 6.45) is 0.669. The van der Waals surface area contributed by atoms with Gasteiger partial charge in [0.05, 0.1) is 7.11 Å². The van der Waals surface area contributed by atoms with Crippen LogP contribution in [0, 0.1) is 12.7 Å². The largest absolute Gasteiger partial charge is 0.496 e. The van der Waals surface area contributed by atoms with E-state index < -0.39 is 0 Å². The molecule has 0 bridgehead atoms. The van der Waals surface area contributed by atoms with Crippen LogP contribution in [0.25, 0.3) is 0 Å². The van der Waals surface area contributed by atoms with Crippen molar-refractivity contribution in [3.8, 4) is 5.75 Å². The Morgan fingerprint density at radius 2 is 1.95 bits per heavy atom. The molecule has 0 saturated carbocycles. The molecule has 0 aliphatic carbocycles. The van der Waals surface area contributed by atoms with Gasteiger partial charge in [-0.15, -0.1) is 0 Å². The minimum Gasteiger partial charge on any atom is -0.496 e. The molecule has 0 aliphatic heterocycles. The zero-order valence-electron chi connectivity index (χ0n) is 11.9. The van der Waals surface area contributed by atoms with Crippen LogP contribution in [0.3, 0.4) is 0 Å². The van der Waals surface area contributed by atoms with Crippen molar-refractivity contribution >= 4 is 0 Å². The van der Waals surface area contributed by atoms with E-state index in [0.29, 0.717) is 18.5 Å². The van der Waals surface area contributed by atoms with Crippen LogP contribution in [-0.4, -0.2) is 13.7 Å². The lowest BCUT2D eigenvalue weighted by atomic mass is 9.90. The minimum atomic E-state index is -0.199. The molecular weight excluding hydrogens is 253 g/mol. The second-order valence-electron chi connectivity index (χ2n) is 4.97. The van der Waals surface area contributed by atoms with Gasteiger partial charge in [-0.25, -0.2) is 4.39 Å². The molecule has 106 valence electrons. The second-order valence-corrected chi connectivity index (χ2v) is 4.97. The van der Waals surface area contributed by atoms with E-state index in [1.165, 1.54) is 6.07 Å². The van der Waals surface area contributed by atoms with Crippen molar-refractivity contribution < 1.29 is 9.13 Å². The topological polar surface area (TPSA) is 35.2 Å². The van der Waals surface area contributed by atoms with E-state index in [-0.39, 0.29) is 11.7 Å². The van der Waals surface area contributed by atoms with Gasteiger partial charge < -0.3 is 10.5 Å². The van der Waals surface area contributed by atoms with Crippen molar-refractivity contribution in [2.75, 3.05) is 13.7 Å². The van der Waals surface area contributed by atoms with Gasteiger partial charge in [0.2, 0.25) is 0 Å². The van der Waals surface area contributed by atoms with E-state index in [4.69, 9.17) is 10.5 Å². The first-order valence-electron chi connectivity index (χ1n) is 6.73. The molecule has 2 aromatic rings. The number of methoxy groups -OCH3 is 1. The maximum Gasteiger partial charge on any atom is 0.126 e. The Kier molecular flexibility index (Phi) is 4.74. The Bertz CT molecular complexity index is 583. The maximum absolute atomic E-state index is 13.9. The molecule has 0 heterocycles. The first-order chi connectivity index (χ1) is 9.65. The molecule has 0 fully saturated rings. The molecule has 2 aromatic carbocycles. The Balaban J connectivity index is 2.31. The third-order valence-electron chi connectivity index (χ3n) is 3.53. The number of hydrogen-bond donors (Lipinski definition) is 1. The molecule has 3 heteroatoms. The number of rotatable bonds is 5. The number of benzene rings is 2. The van der Waals surface area contributed by atoms with Crippen LogP contribution in [0.1, 0.15) is 22.6 Å². The lowest BCUT2D eigenvalue weighted by Gasteiger charge is -2.18. The molecule has 0 aromatic heterocycles. The molecule has 2 rings (SSSR count). The SMILES string of the molecule is COc1ccc(C)cc1CC(CN)c1ccccc1F. The monoisotopic (exact) mass is 273 g/mol. The van der Waals surface area contributed by atoms with Crippen LogP contribution < -0.4 is 10.5 Å². The van der Waals surface area contributed by atoms with Crippen LogP contribution in [0.4, 0.5) is 4.39 Å². The number of ether oxygens (including phenoxy) is 1. The van der Waals surface area contributed by atoms with Gasteiger partial charge in [-0.1, -0.05) is 35.9 Å². The van der Waals surface area contributed by atoms with Gasteiger partial charge in [-0.3, -0.25) is 0 Å². The quantitative estimate of drug-likeness (QED) is 0.906. The number of aryl methyl sites for hydroxylation is 1. The molecule has 20 heavy (non-hydrogen) atoms. The number of hydrogen-bond acceptors (Lipinski definition) is 2. The lowest BCUT2D eigenvalue weighted by Crippen LogP contribution is -2.16. The van der Waals surface area contributed by atoms with Crippen molar-refractivity contribution in [3.63, 3.8) is 0 Å². The summed E-state index contributed by atoms with van der Waals surface area (Å²) in [4.78, 5) is 0. The summed E-state index contributed by atoms with van der Waals surface area (Å²) >= 11 is 0. The molecule has 0 amide bonds. The van der Waals surface area contributed by atoms with E-state index in [1.807, 2.05) is 25.1 Å². The standard InChI is InChI=1S/C17H20FNO/c1-12-7-8-17(20-2)13(9-12)10-14(11-19)15-5-3-4-6-16(15)18/h3-9,14H,10-11,19H2,1-2H3. The van der Waals surface area contributed by atoms with Crippen molar-refractivity contribution in [3.05, 3.63) is 65.0 Å². The van der Waals surface area contributed by atoms with E-state index in [1.54, 1.807) is 19.2 Å². The molecule has 2 nitrogen and oxygen atoms in total. The van der Waals surface area contributed by atoms with E-state index in [2.05, 4.69) is 6.07 Å². The summed E-state index contributed by atoms with van der Waals surface area (Å²) in [5.74, 6) is 0.576. The molecule has 0 radical (unpaired) electrons. The molecule has 1 atom stereocenters. The van der Waals surface area contributed by atoms with E-state index >= 15 is 0 Å². The van der Waals surface area contributed by atoms with Gasteiger partial charge in [0.15, 0.2) is 0 Å². The average molecular weight is 273 g/mol. The second kappa shape index (κ2) is 6.53. The molecule has 0 saturated heterocycles. The fourth-order valence-corrected chi connectivity index (χ4v) is 2.46. The summed E-state index contributed by atoms with van der Waals surface area (Å²) < 4.78 is 19.3. The van der Waals surface area contributed by atoms with Gasteiger partial charge in [0.1, 0.15) is 11.6 Å². The van der Waals surface area contributed by atoms with Gasteiger partial charge in [0.25, 0.3) is 0 Å². The normalized spacial score (nSPS) is 12.2.